The van der Waals surface area contributed by atoms with Gasteiger partial charge in [0, 0.05) is 18.2 Å². The Balaban J connectivity index is 2.83. The maximum atomic E-state index is 10.6. The van der Waals surface area contributed by atoms with E-state index in [4.69, 9.17) is 22.1 Å². The molecule has 0 aromatic carbocycles. The van der Waals surface area contributed by atoms with Crippen molar-refractivity contribution in [3.63, 3.8) is 0 Å². The van der Waals surface area contributed by atoms with Crippen LogP contribution in [0.5, 0.6) is 0 Å². The molecular weight excluding hydrogens is 220 g/mol. The number of carbonyl (C=O) groups is 2. The fourth-order valence-electron chi connectivity index (χ4n) is 1.06. The third-order valence-corrected chi connectivity index (χ3v) is 1.91. The summed E-state index contributed by atoms with van der Waals surface area (Å²) in [6, 6.07) is 3.16. The van der Waals surface area contributed by atoms with Crippen LogP contribution in [0, 0.1) is 0 Å². The van der Waals surface area contributed by atoms with Crippen LogP contribution in [0.4, 0.5) is 4.79 Å². The molecule has 0 aliphatic rings. The molecule has 0 radical (unpaired) electrons. The van der Waals surface area contributed by atoms with Crippen LogP contribution >= 0.6 is 11.6 Å². The number of nitrogens with zero attached hydrogens (tertiary/aromatic N) is 1. The van der Waals surface area contributed by atoms with Crippen molar-refractivity contribution in [3.8, 4) is 0 Å². The fourth-order valence-corrected chi connectivity index (χ4v) is 1.17. The van der Waals surface area contributed by atoms with Crippen LogP contribution in [0.3, 0.4) is 0 Å². The number of halogens is 1. The number of aldehydes is 1. The van der Waals surface area contributed by atoms with Gasteiger partial charge in [0.2, 0.25) is 0 Å². The smallest absolute Gasteiger partial charge is 0.405 e. The van der Waals surface area contributed by atoms with Gasteiger partial charge in [-0.25, -0.2) is 9.78 Å². The third kappa shape index (κ3) is 3.55. The number of aromatic nitrogens is 1. The minimum Gasteiger partial charge on any atom is -0.441 e. The SMILES string of the molecule is NC(=O)O[C@H](CC=O)c1ccc(Cl)nc1. The average molecular weight is 229 g/mol. The van der Waals surface area contributed by atoms with Crippen molar-refractivity contribution in [2.24, 2.45) is 5.73 Å². The topological polar surface area (TPSA) is 82.3 Å². The molecule has 0 spiro atoms. The quantitative estimate of drug-likeness (QED) is 0.625. The predicted octanol–water partition coefficient (Wildman–Crippen LogP) is 1.46. The molecule has 0 aliphatic carbocycles. The number of ether oxygens (including phenoxy) is 1. The molecular formula is C9H9ClN2O3. The minimum absolute atomic E-state index is 0.0340. The van der Waals surface area contributed by atoms with E-state index in [9.17, 15) is 9.59 Å². The summed E-state index contributed by atoms with van der Waals surface area (Å²) in [7, 11) is 0. The molecule has 0 unspecified atom stereocenters. The maximum Gasteiger partial charge on any atom is 0.405 e. The first-order valence-electron chi connectivity index (χ1n) is 4.14. The highest BCUT2D eigenvalue weighted by Crippen LogP contribution is 2.20. The molecule has 0 aliphatic heterocycles. The fraction of sp³-hybridized carbons (Fsp3) is 0.222. The Morgan fingerprint density at radius 1 is 1.67 bits per heavy atom. The van der Waals surface area contributed by atoms with Gasteiger partial charge in [0.15, 0.2) is 0 Å². The van der Waals surface area contributed by atoms with Crippen LogP contribution in [-0.2, 0) is 9.53 Å². The van der Waals surface area contributed by atoms with Crippen molar-refractivity contribution >= 4 is 24.0 Å². The molecule has 15 heavy (non-hydrogen) atoms. The van der Waals surface area contributed by atoms with E-state index in [1.807, 2.05) is 0 Å². The molecule has 0 fully saturated rings. The molecule has 80 valence electrons. The van der Waals surface area contributed by atoms with Crippen LogP contribution in [0.15, 0.2) is 18.3 Å². The summed E-state index contributed by atoms with van der Waals surface area (Å²) in [4.78, 5) is 24.7. The van der Waals surface area contributed by atoms with Crippen LogP contribution in [0.2, 0.25) is 5.15 Å². The third-order valence-electron chi connectivity index (χ3n) is 1.69. The average Bonchev–Trinajstić information content (AvgIpc) is 2.17. The Morgan fingerprint density at radius 2 is 2.40 bits per heavy atom. The van der Waals surface area contributed by atoms with Crippen LogP contribution in [-0.4, -0.2) is 17.4 Å². The summed E-state index contributed by atoms with van der Waals surface area (Å²) in [5, 5.41) is 0.322. The van der Waals surface area contributed by atoms with Crippen LogP contribution in [0.25, 0.3) is 0 Å². The highest BCUT2D eigenvalue weighted by atomic mass is 35.5. The van der Waals surface area contributed by atoms with E-state index in [2.05, 4.69) is 4.98 Å². The number of primary amides is 1. The number of nitrogens with two attached hydrogens (primary N) is 1. The zero-order chi connectivity index (χ0) is 11.3. The first kappa shape index (κ1) is 11.5. The lowest BCUT2D eigenvalue weighted by Crippen LogP contribution is -2.17. The van der Waals surface area contributed by atoms with Crippen molar-refractivity contribution < 1.29 is 14.3 Å². The lowest BCUT2D eigenvalue weighted by molar-refractivity contribution is -0.109. The van der Waals surface area contributed by atoms with Crippen LogP contribution < -0.4 is 5.73 Å². The second kappa shape index (κ2) is 5.31. The van der Waals surface area contributed by atoms with Crippen molar-refractivity contribution in [2.45, 2.75) is 12.5 Å². The molecule has 0 bridgehead atoms. The van der Waals surface area contributed by atoms with E-state index in [1.54, 1.807) is 12.1 Å². The lowest BCUT2D eigenvalue weighted by Gasteiger charge is -2.13. The van der Waals surface area contributed by atoms with Gasteiger partial charge in [-0.05, 0) is 6.07 Å². The highest BCUT2D eigenvalue weighted by molar-refractivity contribution is 6.29. The summed E-state index contributed by atoms with van der Waals surface area (Å²) >= 11 is 5.59. The van der Waals surface area contributed by atoms with Crippen molar-refractivity contribution in [3.05, 3.63) is 29.0 Å². The molecule has 1 atom stereocenters. The Labute approximate surface area is 91.2 Å². The molecule has 6 heteroatoms. The van der Waals surface area contributed by atoms with Crippen molar-refractivity contribution in [1.82, 2.24) is 4.98 Å². The predicted molar refractivity (Wildman–Crippen MR) is 53.3 cm³/mol. The van der Waals surface area contributed by atoms with Crippen LogP contribution in [0.1, 0.15) is 18.1 Å². The van der Waals surface area contributed by atoms with Gasteiger partial charge in [0.1, 0.15) is 17.5 Å². The van der Waals surface area contributed by atoms with E-state index in [-0.39, 0.29) is 6.42 Å². The second-order valence-corrected chi connectivity index (χ2v) is 3.13. The maximum absolute atomic E-state index is 10.6. The summed E-state index contributed by atoms with van der Waals surface area (Å²) in [5.74, 6) is 0. The summed E-state index contributed by atoms with van der Waals surface area (Å²) in [6.07, 6.45) is 0.468. The van der Waals surface area contributed by atoms with Gasteiger partial charge in [-0.1, -0.05) is 17.7 Å². The first-order valence-corrected chi connectivity index (χ1v) is 4.52. The van der Waals surface area contributed by atoms with Gasteiger partial charge in [0.05, 0.1) is 0 Å². The van der Waals surface area contributed by atoms with Crippen molar-refractivity contribution in [2.75, 3.05) is 0 Å². The van der Waals surface area contributed by atoms with Gasteiger partial charge in [-0.2, -0.15) is 0 Å². The molecule has 0 saturated heterocycles. The largest absolute Gasteiger partial charge is 0.441 e. The van der Waals surface area contributed by atoms with Gasteiger partial charge in [0.25, 0.3) is 0 Å². The normalized spacial score (nSPS) is 11.8. The Morgan fingerprint density at radius 3 is 2.87 bits per heavy atom. The zero-order valence-corrected chi connectivity index (χ0v) is 8.48. The van der Waals surface area contributed by atoms with Gasteiger partial charge >= 0.3 is 6.09 Å². The van der Waals surface area contributed by atoms with Gasteiger partial charge < -0.3 is 15.3 Å². The molecule has 1 aromatic rings. The standard InChI is InChI=1S/C9H9ClN2O3/c10-8-2-1-6(5-12-8)7(3-4-13)15-9(11)14/h1-2,4-5,7H,3H2,(H2,11,14)/t7-/m1/s1. The molecule has 5 nitrogen and oxygen atoms in total. The van der Waals surface area contributed by atoms with E-state index in [0.29, 0.717) is 17.0 Å². The Bertz CT molecular complexity index is 353. The summed E-state index contributed by atoms with van der Waals surface area (Å²) in [5.41, 5.74) is 5.44. The molecule has 0 saturated carbocycles. The number of amides is 1. The van der Waals surface area contributed by atoms with E-state index in [1.165, 1.54) is 6.20 Å². The monoisotopic (exact) mass is 228 g/mol. The molecule has 1 amide bonds. The van der Waals surface area contributed by atoms with Gasteiger partial charge in [-0.3, -0.25) is 0 Å². The number of rotatable bonds is 4. The van der Waals surface area contributed by atoms with E-state index in [0.717, 1.165) is 0 Å². The second-order valence-electron chi connectivity index (χ2n) is 2.74. The number of pyridine rings is 1. The van der Waals surface area contributed by atoms with E-state index >= 15 is 0 Å². The van der Waals surface area contributed by atoms with Gasteiger partial charge in [-0.15, -0.1) is 0 Å². The molecule has 1 heterocycles. The number of carbonyl (C=O) groups excluding carboxylic acids is 2. The molecule has 1 aromatic heterocycles. The Kier molecular flexibility index (Phi) is 4.05. The zero-order valence-electron chi connectivity index (χ0n) is 7.72. The molecule has 2 N–H and O–H groups in total. The van der Waals surface area contributed by atoms with E-state index < -0.39 is 12.2 Å². The summed E-state index contributed by atoms with van der Waals surface area (Å²) < 4.78 is 4.74. The number of hydrogen-bond acceptors (Lipinski definition) is 4. The molecule has 1 rings (SSSR count). The number of hydrogen-bond donors (Lipinski definition) is 1. The Hall–Kier alpha value is -1.62. The lowest BCUT2D eigenvalue weighted by atomic mass is 10.1. The van der Waals surface area contributed by atoms with Crippen molar-refractivity contribution in [1.29, 1.82) is 0 Å². The first-order chi connectivity index (χ1) is 7.13. The highest BCUT2D eigenvalue weighted by Gasteiger charge is 2.14. The minimum atomic E-state index is -0.934. The summed E-state index contributed by atoms with van der Waals surface area (Å²) in [6.45, 7) is 0.